The Hall–Kier alpha value is -0.650. The van der Waals surface area contributed by atoms with Gasteiger partial charge in [0, 0.05) is 6.42 Å². The van der Waals surface area contributed by atoms with Crippen LogP contribution < -0.4 is 0 Å². The van der Waals surface area contributed by atoms with Crippen LogP contribution in [0.1, 0.15) is 46.0 Å². The highest BCUT2D eigenvalue weighted by Gasteiger charge is 2.38. The van der Waals surface area contributed by atoms with E-state index in [1.54, 1.807) is 6.92 Å². The molecule has 5 nitrogen and oxygen atoms in total. The van der Waals surface area contributed by atoms with Crippen molar-refractivity contribution >= 4 is 5.97 Å². The van der Waals surface area contributed by atoms with Crippen molar-refractivity contribution in [3.05, 3.63) is 0 Å². The molecule has 112 valence electrons. The molecule has 0 spiro atoms. The molecule has 1 saturated heterocycles. The van der Waals surface area contributed by atoms with Crippen molar-refractivity contribution < 1.29 is 24.9 Å². The number of unbranched alkanes of at least 4 members (excludes halogenated alkanes) is 1. The lowest BCUT2D eigenvalue weighted by atomic mass is 9.92. The number of aliphatic hydroxyl groups excluding tert-OH is 3. The van der Waals surface area contributed by atoms with E-state index < -0.39 is 24.1 Å². The quantitative estimate of drug-likeness (QED) is 0.451. The van der Waals surface area contributed by atoms with Crippen LogP contribution in [0.5, 0.6) is 0 Å². The van der Waals surface area contributed by atoms with Gasteiger partial charge in [0.15, 0.2) is 0 Å². The van der Waals surface area contributed by atoms with Crippen molar-refractivity contribution in [2.75, 3.05) is 6.61 Å². The number of cyclic esters (lactones) is 1. The zero-order valence-corrected chi connectivity index (χ0v) is 11.8. The van der Waals surface area contributed by atoms with Gasteiger partial charge in [0.05, 0.1) is 24.7 Å². The van der Waals surface area contributed by atoms with Crippen molar-refractivity contribution in [1.82, 2.24) is 0 Å². The van der Waals surface area contributed by atoms with Crippen molar-refractivity contribution in [3.63, 3.8) is 0 Å². The number of carbonyl (C=O) groups is 1. The maximum Gasteiger partial charge on any atom is 0.312 e. The second-order valence-electron chi connectivity index (χ2n) is 5.65. The highest BCUT2D eigenvalue weighted by Crippen LogP contribution is 2.26. The molecule has 0 aromatic rings. The van der Waals surface area contributed by atoms with E-state index in [1.807, 2.05) is 6.92 Å². The normalized spacial score (nSPS) is 27.9. The van der Waals surface area contributed by atoms with Gasteiger partial charge in [-0.1, -0.05) is 19.8 Å². The zero-order valence-electron chi connectivity index (χ0n) is 11.8. The lowest BCUT2D eigenvalue weighted by Crippen LogP contribution is -2.24. The van der Waals surface area contributed by atoms with E-state index in [1.165, 1.54) is 0 Å². The molecule has 0 amide bonds. The summed E-state index contributed by atoms with van der Waals surface area (Å²) in [6, 6.07) is 0. The molecule has 1 aliphatic rings. The van der Waals surface area contributed by atoms with Gasteiger partial charge < -0.3 is 20.1 Å². The smallest absolute Gasteiger partial charge is 0.312 e. The fourth-order valence-electron chi connectivity index (χ4n) is 2.37. The summed E-state index contributed by atoms with van der Waals surface area (Å²) in [6.45, 7) is 3.60. The number of carbonyl (C=O) groups excluding carboxylic acids is 1. The predicted molar refractivity (Wildman–Crippen MR) is 70.4 cm³/mol. The van der Waals surface area contributed by atoms with Crippen LogP contribution in [-0.4, -0.2) is 46.2 Å². The fraction of sp³-hybridized carbons (Fsp3) is 0.929. The summed E-state index contributed by atoms with van der Waals surface area (Å²) in [4.78, 5) is 11.5. The van der Waals surface area contributed by atoms with E-state index in [0.717, 1.165) is 19.3 Å². The topological polar surface area (TPSA) is 87.0 Å². The molecule has 3 unspecified atom stereocenters. The zero-order chi connectivity index (χ0) is 14.4. The van der Waals surface area contributed by atoms with Crippen LogP contribution in [-0.2, 0) is 9.53 Å². The van der Waals surface area contributed by atoms with Crippen LogP contribution in [0.25, 0.3) is 0 Å². The lowest BCUT2D eigenvalue weighted by molar-refractivity contribution is -0.147. The van der Waals surface area contributed by atoms with Gasteiger partial charge in [0.2, 0.25) is 0 Å². The highest BCUT2D eigenvalue weighted by molar-refractivity contribution is 5.75. The average Bonchev–Trinajstić information content (AvgIpc) is 2.75. The molecule has 5 atom stereocenters. The third-order valence-corrected chi connectivity index (χ3v) is 4.00. The molecule has 0 bridgehead atoms. The summed E-state index contributed by atoms with van der Waals surface area (Å²) in [6.07, 6.45) is 2.18. The van der Waals surface area contributed by atoms with Crippen LogP contribution in [0.4, 0.5) is 0 Å². The molecule has 0 aliphatic carbocycles. The molecule has 0 aromatic heterocycles. The van der Waals surface area contributed by atoms with Gasteiger partial charge in [0.25, 0.3) is 0 Å². The van der Waals surface area contributed by atoms with Gasteiger partial charge in [-0.15, -0.1) is 0 Å². The third-order valence-electron chi connectivity index (χ3n) is 4.00. The molecule has 1 rings (SSSR count). The largest absolute Gasteiger partial charge is 0.460 e. The average molecular weight is 274 g/mol. The summed E-state index contributed by atoms with van der Waals surface area (Å²) < 4.78 is 4.94. The maximum absolute atomic E-state index is 11.5. The van der Waals surface area contributed by atoms with Crippen molar-refractivity contribution in [3.8, 4) is 0 Å². The monoisotopic (exact) mass is 274 g/mol. The summed E-state index contributed by atoms with van der Waals surface area (Å²) >= 11 is 0. The maximum atomic E-state index is 11.5. The molecule has 0 aromatic carbocycles. The standard InChI is InChI=1S/C14H26O5/c1-9(10(2)16)5-3-4-6-13(17)12-7-11(8-15)19-14(12)18/h9-13,15-17H,3-8H2,1-2H3/t9?,10?,11-,12-,13?/m0/s1. The molecule has 3 N–H and O–H groups in total. The first kappa shape index (κ1) is 16.4. The SMILES string of the molecule is CC(O)C(C)CCCCC(O)[C@@H]1C[C@@H](CO)OC1=O. The molecular weight excluding hydrogens is 248 g/mol. The molecule has 0 radical (unpaired) electrons. The molecule has 1 fully saturated rings. The first-order valence-electron chi connectivity index (χ1n) is 7.13. The number of esters is 1. The minimum atomic E-state index is -0.689. The molecule has 19 heavy (non-hydrogen) atoms. The molecule has 1 heterocycles. The van der Waals surface area contributed by atoms with E-state index in [9.17, 15) is 15.0 Å². The van der Waals surface area contributed by atoms with E-state index in [0.29, 0.717) is 12.8 Å². The number of hydrogen-bond donors (Lipinski definition) is 3. The lowest BCUT2D eigenvalue weighted by Gasteiger charge is -2.16. The Labute approximate surface area is 114 Å². The van der Waals surface area contributed by atoms with E-state index >= 15 is 0 Å². The van der Waals surface area contributed by atoms with Crippen molar-refractivity contribution in [1.29, 1.82) is 0 Å². The Kier molecular flexibility index (Phi) is 6.75. The second-order valence-corrected chi connectivity index (χ2v) is 5.65. The Bertz CT molecular complexity index is 279. The number of ether oxygens (including phenoxy) is 1. The van der Waals surface area contributed by atoms with Crippen LogP contribution in [0.2, 0.25) is 0 Å². The van der Waals surface area contributed by atoms with E-state index in [-0.39, 0.29) is 18.6 Å². The predicted octanol–water partition coefficient (Wildman–Crippen LogP) is 0.849. The van der Waals surface area contributed by atoms with Crippen LogP contribution >= 0.6 is 0 Å². The molecule has 5 heteroatoms. The van der Waals surface area contributed by atoms with Gasteiger partial charge in [-0.3, -0.25) is 4.79 Å². The summed E-state index contributed by atoms with van der Waals surface area (Å²) in [7, 11) is 0. The fourth-order valence-corrected chi connectivity index (χ4v) is 2.37. The van der Waals surface area contributed by atoms with Gasteiger partial charge in [-0.05, 0) is 25.7 Å². The van der Waals surface area contributed by atoms with Gasteiger partial charge in [-0.2, -0.15) is 0 Å². The summed E-state index contributed by atoms with van der Waals surface area (Å²) in [5.41, 5.74) is 0. The van der Waals surface area contributed by atoms with Gasteiger partial charge in [-0.25, -0.2) is 0 Å². The Morgan fingerprint density at radius 1 is 1.26 bits per heavy atom. The Morgan fingerprint density at radius 2 is 1.89 bits per heavy atom. The minimum absolute atomic E-state index is 0.180. The first-order valence-corrected chi connectivity index (χ1v) is 7.13. The number of hydrogen-bond acceptors (Lipinski definition) is 5. The second kappa shape index (κ2) is 7.82. The van der Waals surface area contributed by atoms with Crippen molar-refractivity contribution in [2.45, 2.75) is 64.3 Å². The van der Waals surface area contributed by atoms with Crippen LogP contribution in [0.15, 0.2) is 0 Å². The minimum Gasteiger partial charge on any atom is -0.460 e. The molecule has 0 saturated carbocycles. The van der Waals surface area contributed by atoms with Crippen LogP contribution in [0, 0.1) is 11.8 Å². The highest BCUT2D eigenvalue weighted by atomic mass is 16.6. The van der Waals surface area contributed by atoms with E-state index in [2.05, 4.69) is 0 Å². The van der Waals surface area contributed by atoms with Crippen molar-refractivity contribution in [2.24, 2.45) is 11.8 Å². The third kappa shape index (κ3) is 5.09. The number of aliphatic hydroxyl groups is 3. The summed E-state index contributed by atoms with van der Waals surface area (Å²) in [5, 5.41) is 28.3. The number of rotatable bonds is 8. The van der Waals surface area contributed by atoms with Gasteiger partial charge in [0.1, 0.15) is 6.10 Å². The van der Waals surface area contributed by atoms with Crippen LogP contribution in [0.3, 0.4) is 0 Å². The van der Waals surface area contributed by atoms with E-state index in [4.69, 9.17) is 9.84 Å². The Balaban J connectivity index is 2.21. The van der Waals surface area contributed by atoms with Gasteiger partial charge >= 0.3 is 5.97 Å². The summed E-state index contributed by atoms with van der Waals surface area (Å²) in [5.74, 6) is -0.636. The molecular formula is C14H26O5. The molecule has 1 aliphatic heterocycles. The first-order chi connectivity index (χ1) is 8.95. The Morgan fingerprint density at radius 3 is 2.42 bits per heavy atom.